The van der Waals surface area contributed by atoms with Crippen molar-refractivity contribution in [3.63, 3.8) is 0 Å². The normalized spacial score (nSPS) is 11.9. The molecule has 0 aliphatic heterocycles. The highest BCUT2D eigenvalue weighted by molar-refractivity contribution is 7.26. The third kappa shape index (κ3) is 4.35. The van der Waals surface area contributed by atoms with Gasteiger partial charge in [-0.15, -0.1) is 32.9 Å². The molecule has 0 spiro atoms. The maximum Gasteiger partial charge on any atom is 0.248 e. The van der Waals surface area contributed by atoms with Gasteiger partial charge in [0.15, 0.2) is 0 Å². The summed E-state index contributed by atoms with van der Waals surface area (Å²) in [6.07, 6.45) is 0. The second-order valence-electron chi connectivity index (χ2n) is 12.9. The SMILES string of the molecule is c1ccc2c(c1)sc1c(-c3cccc4c(-c5nnc(-c6cccc7c(-c8cccc9c8sc8ccccc89)cccc67)o5)cccc34)cccc12. The van der Waals surface area contributed by atoms with E-state index in [1.54, 1.807) is 0 Å². The summed E-state index contributed by atoms with van der Waals surface area (Å²) in [7, 11) is 0. The molecular weight excluding hydrogens is 661 g/mol. The molecule has 0 amide bonds. The first-order chi connectivity index (χ1) is 25.3. The van der Waals surface area contributed by atoms with Gasteiger partial charge in [0, 0.05) is 62.6 Å². The minimum atomic E-state index is 0.510. The van der Waals surface area contributed by atoms with E-state index in [-0.39, 0.29) is 0 Å². The number of hydrogen-bond donors (Lipinski definition) is 0. The Morgan fingerprint density at radius 3 is 1.08 bits per heavy atom. The predicted molar refractivity (Wildman–Crippen MR) is 217 cm³/mol. The van der Waals surface area contributed by atoms with Gasteiger partial charge in [0.05, 0.1) is 0 Å². The fourth-order valence-corrected chi connectivity index (χ4v) is 10.3. The third-order valence-electron chi connectivity index (χ3n) is 10.1. The summed E-state index contributed by atoms with van der Waals surface area (Å²) in [5.74, 6) is 1.02. The Morgan fingerprint density at radius 2 is 0.627 bits per heavy atom. The van der Waals surface area contributed by atoms with Gasteiger partial charge in [-0.2, -0.15) is 0 Å². The molecule has 0 bridgehead atoms. The van der Waals surface area contributed by atoms with Gasteiger partial charge >= 0.3 is 0 Å². The van der Waals surface area contributed by atoms with Crippen molar-refractivity contribution in [1.82, 2.24) is 10.2 Å². The van der Waals surface area contributed by atoms with Crippen LogP contribution in [0.15, 0.2) is 162 Å². The summed E-state index contributed by atoms with van der Waals surface area (Å²) in [5.41, 5.74) is 6.71. The molecule has 0 saturated heterocycles. The van der Waals surface area contributed by atoms with Crippen LogP contribution in [0.4, 0.5) is 0 Å². The molecule has 238 valence electrons. The number of rotatable bonds is 4. The van der Waals surface area contributed by atoms with Gasteiger partial charge in [-0.1, -0.05) is 133 Å². The molecule has 3 heterocycles. The van der Waals surface area contributed by atoms with Gasteiger partial charge in [0.2, 0.25) is 11.8 Å². The molecule has 0 aliphatic rings. The average Bonchev–Trinajstić information content (AvgIpc) is 3.93. The highest BCUT2D eigenvalue weighted by Gasteiger charge is 2.19. The fourth-order valence-electron chi connectivity index (χ4n) is 7.82. The second kappa shape index (κ2) is 11.2. The summed E-state index contributed by atoms with van der Waals surface area (Å²) in [4.78, 5) is 0. The maximum atomic E-state index is 6.57. The molecule has 11 aromatic rings. The average molecular weight is 687 g/mol. The van der Waals surface area contributed by atoms with Crippen LogP contribution in [0.25, 0.3) is 107 Å². The number of hydrogen-bond acceptors (Lipinski definition) is 5. The Kier molecular flexibility index (Phi) is 6.29. The standard InChI is InChI=1S/C46H26N2OS2/c1-3-25-41-33(11-1)37-21-9-19-35(43(37)50-41)29-15-5-17-31-27(29)13-7-23-39(31)45-47-48-46(49-45)40-24-8-14-28-30(16-6-18-32(28)40)36-20-10-22-38-34-12-2-4-26-42(34)51-44(36)38/h1-26H. The van der Waals surface area contributed by atoms with Gasteiger partial charge in [-0.3, -0.25) is 0 Å². The molecule has 8 aromatic carbocycles. The van der Waals surface area contributed by atoms with Gasteiger partial charge in [-0.05, 0) is 56.9 Å². The fraction of sp³-hybridized carbons (Fsp3) is 0. The van der Waals surface area contributed by atoms with E-state index in [4.69, 9.17) is 4.42 Å². The molecule has 3 nitrogen and oxygen atoms in total. The lowest BCUT2D eigenvalue weighted by Crippen LogP contribution is -1.86. The van der Waals surface area contributed by atoms with Crippen LogP contribution in [0, 0.1) is 0 Å². The number of thiophene rings is 2. The highest BCUT2D eigenvalue weighted by Crippen LogP contribution is 2.45. The van der Waals surface area contributed by atoms with Crippen molar-refractivity contribution >= 4 is 84.6 Å². The van der Waals surface area contributed by atoms with E-state index in [9.17, 15) is 0 Å². The van der Waals surface area contributed by atoms with Crippen molar-refractivity contribution in [3.8, 4) is 45.2 Å². The van der Waals surface area contributed by atoms with Gasteiger partial charge < -0.3 is 4.42 Å². The first-order valence-electron chi connectivity index (χ1n) is 17.0. The van der Waals surface area contributed by atoms with Crippen molar-refractivity contribution in [3.05, 3.63) is 158 Å². The van der Waals surface area contributed by atoms with Gasteiger partial charge in [-0.25, -0.2) is 0 Å². The quantitative estimate of drug-likeness (QED) is 0.185. The second-order valence-corrected chi connectivity index (χ2v) is 15.0. The van der Waals surface area contributed by atoms with Crippen LogP contribution in [0.2, 0.25) is 0 Å². The van der Waals surface area contributed by atoms with Crippen molar-refractivity contribution in [1.29, 1.82) is 0 Å². The van der Waals surface area contributed by atoms with E-state index >= 15 is 0 Å². The lowest BCUT2D eigenvalue weighted by Gasteiger charge is -2.11. The number of fused-ring (bicyclic) bond motifs is 8. The minimum absolute atomic E-state index is 0.510. The molecule has 0 fully saturated rings. The maximum absolute atomic E-state index is 6.57. The molecule has 0 aliphatic carbocycles. The van der Waals surface area contributed by atoms with Gasteiger partial charge in [0.1, 0.15) is 0 Å². The molecule has 0 unspecified atom stereocenters. The summed E-state index contributed by atoms with van der Waals surface area (Å²) in [6.45, 7) is 0. The minimum Gasteiger partial charge on any atom is -0.416 e. The van der Waals surface area contributed by atoms with E-state index in [0.717, 1.165) is 32.7 Å². The van der Waals surface area contributed by atoms with Crippen molar-refractivity contribution in [2.75, 3.05) is 0 Å². The van der Waals surface area contributed by atoms with Crippen LogP contribution in [0.1, 0.15) is 0 Å². The Balaban J connectivity index is 1.03. The van der Waals surface area contributed by atoms with Crippen molar-refractivity contribution < 1.29 is 4.42 Å². The summed E-state index contributed by atoms with van der Waals surface area (Å²) >= 11 is 3.71. The topological polar surface area (TPSA) is 38.9 Å². The molecule has 0 saturated carbocycles. The monoisotopic (exact) mass is 686 g/mol. The molecule has 3 aromatic heterocycles. The lowest BCUT2D eigenvalue weighted by molar-refractivity contribution is 0.586. The number of benzene rings is 8. The zero-order valence-electron chi connectivity index (χ0n) is 27.1. The lowest BCUT2D eigenvalue weighted by atomic mass is 9.94. The molecule has 0 atom stereocenters. The zero-order chi connectivity index (χ0) is 33.5. The van der Waals surface area contributed by atoms with Crippen LogP contribution < -0.4 is 0 Å². The first-order valence-corrected chi connectivity index (χ1v) is 18.6. The zero-order valence-corrected chi connectivity index (χ0v) is 28.8. The van der Waals surface area contributed by atoms with Crippen LogP contribution in [0.3, 0.4) is 0 Å². The summed E-state index contributed by atoms with van der Waals surface area (Å²) in [6, 6.07) is 56.3. The summed E-state index contributed by atoms with van der Waals surface area (Å²) in [5, 5.41) is 18.9. The predicted octanol–water partition coefficient (Wildman–Crippen LogP) is 13.8. The molecular formula is C46H26N2OS2. The Morgan fingerprint density at radius 1 is 0.294 bits per heavy atom. The van der Waals surface area contributed by atoms with Crippen LogP contribution >= 0.6 is 22.7 Å². The number of aromatic nitrogens is 2. The van der Waals surface area contributed by atoms with Crippen molar-refractivity contribution in [2.24, 2.45) is 0 Å². The largest absolute Gasteiger partial charge is 0.416 e. The van der Waals surface area contributed by atoms with E-state index in [1.165, 1.54) is 62.6 Å². The summed E-state index contributed by atoms with van der Waals surface area (Å²) < 4.78 is 11.8. The molecule has 11 rings (SSSR count). The van der Waals surface area contributed by atoms with Crippen LogP contribution in [-0.4, -0.2) is 10.2 Å². The van der Waals surface area contributed by atoms with E-state index < -0.39 is 0 Å². The van der Waals surface area contributed by atoms with E-state index in [2.05, 4.69) is 168 Å². The Bertz CT molecular complexity index is 2950. The Labute approximate surface area is 300 Å². The van der Waals surface area contributed by atoms with Crippen LogP contribution in [-0.2, 0) is 0 Å². The van der Waals surface area contributed by atoms with Crippen LogP contribution in [0.5, 0.6) is 0 Å². The Hall–Kier alpha value is -6.14. The number of nitrogens with zero attached hydrogens (tertiary/aromatic N) is 2. The smallest absolute Gasteiger partial charge is 0.248 e. The van der Waals surface area contributed by atoms with E-state index in [0.29, 0.717) is 11.8 Å². The third-order valence-corrected chi connectivity index (χ3v) is 12.6. The molecule has 0 N–H and O–H groups in total. The first kappa shape index (κ1) is 28.7. The molecule has 5 heteroatoms. The van der Waals surface area contributed by atoms with E-state index in [1.807, 2.05) is 22.7 Å². The molecule has 0 radical (unpaired) electrons. The molecule has 51 heavy (non-hydrogen) atoms. The highest BCUT2D eigenvalue weighted by atomic mass is 32.1. The van der Waals surface area contributed by atoms with Gasteiger partial charge in [0.25, 0.3) is 0 Å². The van der Waals surface area contributed by atoms with Crippen molar-refractivity contribution in [2.45, 2.75) is 0 Å².